The van der Waals surface area contributed by atoms with E-state index >= 15 is 0 Å². The number of likely N-dealkylation sites (tertiary alicyclic amines) is 1. The van der Waals surface area contributed by atoms with Gasteiger partial charge in [-0.05, 0) is 49.9 Å². The molecular weight excluding hydrogens is 338 g/mol. The van der Waals surface area contributed by atoms with Crippen LogP contribution in [0.15, 0.2) is 42.7 Å². The van der Waals surface area contributed by atoms with Crippen molar-refractivity contribution in [1.82, 2.24) is 25.3 Å². The Morgan fingerprint density at radius 3 is 2.81 bits per heavy atom. The number of nitrogens with zero attached hydrogens (tertiary/aromatic N) is 3. The Hall–Kier alpha value is -2.34. The third kappa shape index (κ3) is 6.10. The number of nitrogens with one attached hydrogen (secondary N) is 2. The largest absolute Gasteiger partial charge is 0.338 e. The number of rotatable bonds is 8. The van der Waals surface area contributed by atoms with Gasteiger partial charge in [-0.1, -0.05) is 30.7 Å². The van der Waals surface area contributed by atoms with E-state index in [4.69, 9.17) is 0 Å². The van der Waals surface area contributed by atoms with Gasteiger partial charge in [0.1, 0.15) is 0 Å². The van der Waals surface area contributed by atoms with Crippen LogP contribution < -0.4 is 10.6 Å². The van der Waals surface area contributed by atoms with Crippen molar-refractivity contribution in [1.29, 1.82) is 0 Å². The molecule has 3 rings (SSSR count). The van der Waals surface area contributed by atoms with E-state index in [9.17, 15) is 4.79 Å². The van der Waals surface area contributed by atoms with Crippen LogP contribution in [0.25, 0.3) is 0 Å². The SMILES string of the molecule is CC1CCCCN1CCCNC(=O)NCc1ccccc1Cn1cccn1. The van der Waals surface area contributed by atoms with Gasteiger partial charge >= 0.3 is 6.03 Å². The number of piperidine rings is 1. The van der Waals surface area contributed by atoms with Crippen LogP contribution >= 0.6 is 0 Å². The molecule has 6 heteroatoms. The van der Waals surface area contributed by atoms with Gasteiger partial charge in [-0.2, -0.15) is 5.10 Å². The fourth-order valence-electron chi connectivity index (χ4n) is 3.66. The minimum Gasteiger partial charge on any atom is -0.338 e. The Morgan fingerprint density at radius 2 is 2.04 bits per heavy atom. The average Bonchev–Trinajstić information content (AvgIpc) is 3.19. The molecule has 27 heavy (non-hydrogen) atoms. The first-order valence-corrected chi connectivity index (χ1v) is 10.0. The highest BCUT2D eigenvalue weighted by molar-refractivity contribution is 5.73. The van der Waals surface area contributed by atoms with Crippen molar-refractivity contribution in [2.24, 2.45) is 0 Å². The van der Waals surface area contributed by atoms with Gasteiger partial charge in [-0.25, -0.2) is 4.79 Å². The first-order valence-electron chi connectivity index (χ1n) is 10.0. The van der Waals surface area contributed by atoms with Crippen molar-refractivity contribution >= 4 is 6.03 Å². The number of benzene rings is 1. The number of carbonyl (C=O) groups is 1. The lowest BCUT2D eigenvalue weighted by molar-refractivity contribution is 0.159. The van der Waals surface area contributed by atoms with Gasteiger partial charge in [0.15, 0.2) is 0 Å². The van der Waals surface area contributed by atoms with Gasteiger partial charge < -0.3 is 15.5 Å². The summed E-state index contributed by atoms with van der Waals surface area (Å²) in [5.41, 5.74) is 2.28. The van der Waals surface area contributed by atoms with Gasteiger partial charge in [-0.3, -0.25) is 4.68 Å². The summed E-state index contributed by atoms with van der Waals surface area (Å²) in [5.74, 6) is 0. The summed E-state index contributed by atoms with van der Waals surface area (Å²) in [7, 11) is 0. The second-order valence-electron chi connectivity index (χ2n) is 7.32. The molecule has 1 aliphatic heterocycles. The Balaban J connectivity index is 1.38. The molecule has 2 N–H and O–H groups in total. The maximum absolute atomic E-state index is 12.1. The minimum absolute atomic E-state index is 0.101. The van der Waals surface area contributed by atoms with E-state index in [1.54, 1.807) is 6.20 Å². The van der Waals surface area contributed by atoms with Crippen molar-refractivity contribution in [2.45, 2.75) is 51.7 Å². The normalized spacial score (nSPS) is 17.6. The summed E-state index contributed by atoms with van der Waals surface area (Å²) >= 11 is 0. The highest BCUT2D eigenvalue weighted by Crippen LogP contribution is 2.16. The van der Waals surface area contributed by atoms with E-state index in [0.29, 0.717) is 25.7 Å². The van der Waals surface area contributed by atoms with E-state index in [0.717, 1.165) is 18.5 Å². The van der Waals surface area contributed by atoms with Crippen molar-refractivity contribution < 1.29 is 4.79 Å². The average molecular weight is 370 g/mol. The number of carbonyl (C=O) groups excluding carboxylic acids is 1. The van der Waals surface area contributed by atoms with Crippen molar-refractivity contribution in [3.63, 3.8) is 0 Å². The van der Waals surface area contributed by atoms with Crippen LogP contribution in [0.5, 0.6) is 0 Å². The van der Waals surface area contributed by atoms with E-state index < -0.39 is 0 Å². The molecule has 1 saturated heterocycles. The molecule has 1 fully saturated rings. The highest BCUT2D eigenvalue weighted by Gasteiger charge is 2.17. The number of urea groups is 1. The molecule has 0 spiro atoms. The lowest BCUT2D eigenvalue weighted by atomic mass is 10.0. The van der Waals surface area contributed by atoms with Crippen LogP contribution in [0.4, 0.5) is 4.79 Å². The van der Waals surface area contributed by atoms with Crippen molar-refractivity contribution in [3.8, 4) is 0 Å². The molecule has 0 radical (unpaired) electrons. The fourth-order valence-corrected chi connectivity index (χ4v) is 3.66. The lowest BCUT2D eigenvalue weighted by Crippen LogP contribution is -2.40. The zero-order valence-electron chi connectivity index (χ0n) is 16.2. The monoisotopic (exact) mass is 369 g/mol. The third-order valence-electron chi connectivity index (χ3n) is 5.30. The molecule has 1 aromatic heterocycles. The molecule has 2 heterocycles. The number of hydrogen-bond donors (Lipinski definition) is 2. The van der Waals surface area contributed by atoms with Crippen LogP contribution in [-0.2, 0) is 13.1 Å². The molecule has 0 saturated carbocycles. The van der Waals surface area contributed by atoms with Crippen LogP contribution in [0.1, 0.15) is 43.7 Å². The van der Waals surface area contributed by atoms with Crippen LogP contribution in [0.2, 0.25) is 0 Å². The second-order valence-corrected chi connectivity index (χ2v) is 7.32. The maximum Gasteiger partial charge on any atom is 0.315 e. The highest BCUT2D eigenvalue weighted by atomic mass is 16.2. The minimum atomic E-state index is -0.101. The predicted molar refractivity (Wildman–Crippen MR) is 108 cm³/mol. The molecule has 0 bridgehead atoms. The number of aromatic nitrogens is 2. The van der Waals surface area contributed by atoms with Crippen molar-refractivity contribution in [3.05, 3.63) is 53.9 Å². The summed E-state index contributed by atoms with van der Waals surface area (Å²) in [6.07, 6.45) is 8.66. The first kappa shape index (κ1) is 19.4. The number of amides is 2. The summed E-state index contributed by atoms with van der Waals surface area (Å²) < 4.78 is 1.89. The molecular formula is C21H31N5O. The molecule has 0 aliphatic carbocycles. The standard InChI is InChI=1S/C21H31N5O/c1-18-8-4-5-13-25(18)14-6-11-22-21(27)23-16-19-9-2-3-10-20(19)17-26-15-7-12-24-26/h2-3,7,9-10,12,15,18H,4-6,8,11,13-14,16-17H2,1H3,(H2,22,23,27). The van der Waals surface area contributed by atoms with E-state index in [1.807, 2.05) is 29.1 Å². The van der Waals surface area contributed by atoms with Gasteiger partial charge in [-0.15, -0.1) is 0 Å². The Kier molecular flexibility index (Phi) is 7.27. The summed E-state index contributed by atoms with van der Waals surface area (Å²) in [6.45, 7) is 6.51. The first-order chi connectivity index (χ1) is 13.2. The fraction of sp³-hybridized carbons (Fsp3) is 0.524. The summed E-state index contributed by atoms with van der Waals surface area (Å²) in [4.78, 5) is 14.6. The molecule has 2 amide bonds. The van der Waals surface area contributed by atoms with Gasteiger partial charge in [0.25, 0.3) is 0 Å². The van der Waals surface area contributed by atoms with Crippen molar-refractivity contribution in [2.75, 3.05) is 19.6 Å². The molecule has 146 valence electrons. The van der Waals surface area contributed by atoms with Crippen LogP contribution in [0, 0.1) is 0 Å². The van der Waals surface area contributed by atoms with E-state index in [-0.39, 0.29) is 6.03 Å². The topological polar surface area (TPSA) is 62.2 Å². The third-order valence-corrected chi connectivity index (χ3v) is 5.30. The molecule has 6 nitrogen and oxygen atoms in total. The zero-order chi connectivity index (χ0) is 18.9. The lowest BCUT2D eigenvalue weighted by Gasteiger charge is -2.33. The Labute approximate surface area is 161 Å². The molecule has 1 unspecified atom stereocenters. The number of hydrogen-bond acceptors (Lipinski definition) is 3. The van der Waals surface area contributed by atoms with Crippen LogP contribution in [0.3, 0.4) is 0 Å². The zero-order valence-corrected chi connectivity index (χ0v) is 16.2. The summed E-state index contributed by atoms with van der Waals surface area (Å²) in [5, 5.41) is 10.2. The molecule has 2 aromatic rings. The van der Waals surface area contributed by atoms with E-state index in [1.165, 1.54) is 31.4 Å². The predicted octanol–water partition coefficient (Wildman–Crippen LogP) is 3.00. The van der Waals surface area contributed by atoms with E-state index in [2.05, 4.69) is 39.7 Å². The quantitative estimate of drug-likeness (QED) is 0.703. The second kappa shape index (κ2) is 10.1. The van der Waals surface area contributed by atoms with Gasteiger partial charge in [0, 0.05) is 38.1 Å². The van der Waals surface area contributed by atoms with Gasteiger partial charge in [0.2, 0.25) is 0 Å². The van der Waals surface area contributed by atoms with Gasteiger partial charge in [0.05, 0.1) is 6.54 Å². The molecule has 1 atom stereocenters. The Morgan fingerprint density at radius 1 is 1.19 bits per heavy atom. The smallest absolute Gasteiger partial charge is 0.315 e. The summed E-state index contributed by atoms with van der Waals surface area (Å²) in [6, 6.07) is 10.6. The molecule has 1 aromatic carbocycles. The maximum atomic E-state index is 12.1. The Bertz CT molecular complexity index is 700. The van der Waals surface area contributed by atoms with Crippen LogP contribution in [-0.4, -0.2) is 46.4 Å². The molecule has 1 aliphatic rings.